The zero-order valence-electron chi connectivity index (χ0n) is 10.2. The number of nitrogens with zero attached hydrogens (tertiary/aromatic N) is 1. The number of rotatable bonds is 5. The number of quaternary nitrogens is 1. The maximum atomic E-state index is 13.3. The lowest BCUT2D eigenvalue weighted by Gasteiger charge is -2.34. The minimum absolute atomic E-state index is 0.217. The van der Waals surface area contributed by atoms with Crippen molar-refractivity contribution in [2.24, 2.45) is 0 Å². The highest BCUT2D eigenvalue weighted by molar-refractivity contribution is 7.87. The Balaban J connectivity index is 6.28. The molecule has 0 aromatic carbocycles. The van der Waals surface area contributed by atoms with Crippen LogP contribution >= 0.6 is 0 Å². The first kappa shape index (κ1) is 20.2. The van der Waals surface area contributed by atoms with E-state index in [2.05, 4.69) is 0 Å². The first-order valence-electron chi connectivity index (χ1n) is 4.81. The van der Waals surface area contributed by atoms with Crippen molar-refractivity contribution in [2.45, 2.75) is 30.2 Å². The van der Waals surface area contributed by atoms with E-state index in [1.165, 1.54) is 0 Å². The van der Waals surface area contributed by atoms with Crippen LogP contribution in [0.2, 0.25) is 0 Å². The molecule has 0 spiro atoms. The van der Waals surface area contributed by atoms with Gasteiger partial charge in [0.15, 0.2) is 0 Å². The third kappa shape index (κ3) is 2.55. The van der Waals surface area contributed by atoms with Gasteiger partial charge in [0, 0.05) is 4.48 Å². The van der Waals surface area contributed by atoms with Gasteiger partial charge in [0.05, 0.1) is 0 Å². The zero-order chi connectivity index (χ0) is 17.7. The highest BCUT2D eigenvalue weighted by Gasteiger charge is 2.88. The van der Waals surface area contributed by atoms with Gasteiger partial charge in [-0.25, -0.2) is 0 Å². The molecule has 0 aliphatic carbocycles. The molecule has 0 aromatic rings. The van der Waals surface area contributed by atoms with Gasteiger partial charge in [-0.05, 0) is 11.0 Å². The number of halogens is 10. The van der Waals surface area contributed by atoms with Gasteiger partial charge in [0.2, 0.25) is 0 Å². The number of sulfonamides is 1. The van der Waals surface area contributed by atoms with Crippen LogP contribution in [0.15, 0.2) is 0 Å². The highest BCUT2D eigenvalue weighted by Crippen LogP contribution is 2.55. The van der Waals surface area contributed by atoms with Gasteiger partial charge >= 0.3 is 33.3 Å². The van der Waals surface area contributed by atoms with Gasteiger partial charge in [0.1, 0.15) is 13.6 Å². The average molecular weight is 360 g/mol. The standard InChI is InChI=1S/C7H8F10NO2S/c1-3-18(2,17)21(19,20)7(15,16)5(10,11)4(8,9)6(12,13)14/h3H2,1-2H3/q+1. The minimum Gasteiger partial charge on any atom is -0.191 e. The Kier molecular flexibility index (Phi) is 4.68. The molecule has 0 rings (SSSR count). The molecule has 0 saturated carbocycles. The molecule has 0 saturated heterocycles. The van der Waals surface area contributed by atoms with Crippen LogP contribution in [0, 0.1) is 0 Å². The molecule has 3 nitrogen and oxygen atoms in total. The quantitative estimate of drug-likeness (QED) is 0.558. The van der Waals surface area contributed by atoms with Gasteiger partial charge in [-0.3, -0.25) is 0 Å². The van der Waals surface area contributed by atoms with Gasteiger partial charge in [-0.2, -0.15) is 47.9 Å². The molecule has 21 heavy (non-hydrogen) atoms. The molecule has 0 aromatic heterocycles. The number of hydrogen-bond acceptors (Lipinski definition) is 2. The van der Waals surface area contributed by atoms with Crippen LogP contribution in [-0.2, 0) is 10.0 Å². The summed E-state index contributed by atoms with van der Waals surface area (Å²) < 4.78 is 144. The molecule has 0 aliphatic heterocycles. The van der Waals surface area contributed by atoms with Crippen molar-refractivity contribution in [3.8, 4) is 0 Å². The molecule has 1 unspecified atom stereocenters. The fourth-order valence-corrected chi connectivity index (χ4v) is 2.20. The highest BCUT2D eigenvalue weighted by atomic mass is 32.2. The monoisotopic (exact) mass is 360 g/mol. The van der Waals surface area contributed by atoms with E-state index < -0.39 is 44.0 Å². The maximum Gasteiger partial charge on any atom is 0.467 e. The third-order valence-corrected chi connectivity index (χ3v) is 4.67. The van der Waals surface area contributed by atoms with Gasteiger partial charge in [-0.15, -0.1) is 0 Å². The maximum absolute atomic E-state index is 13.3. The molecule has 0 radical (unpaired) electrons. The summed E-state index contributed by atoms with van der Waals surface area (Å²) in [5.41, 5.74) is 0. The molecule has 0 amide bonds. The number of hydrogen-bond donors (Lipinski definition) is 0. The smallest absolute Gasteiger partial charge is 0.191 e. The molecular formula is C7H8F10NO2S+. The van der Waals surface area contributed by atoms with Crippen LogP contribution in [0.25, 0.3) is 0 Å². The number of alkyl halides is 9. The van der Waals surface area contributed by atoms with Gasteiger partial charge in [0.25, 0.3) is 0 Å². The van der Waals surface area contributed by atoms with E-state index in [-0.39, 0.29) is 7.05 Å². The van der Waals surface area contributed by atoms with Gasteiger partial charge < -0.3 is 0 Å². The lowest BCUT2D eigenvalue weighted by molar-refractivity contribution is -0.932. The fraction of sp³-hybridized carbons (Fsp3) is 1.00. The van der Waals surface area contributed by atoms with E-state index in [0.717, 1.165) is 0 Å². The first-order valence-corrected chi connectivity index (χ1v) is 6.25. The Morgan fingerprint density at radius 3 is 1.43 bits per heavy atom. The zero-order valence-corrected chi connectivity index (χ0v) is 11.0. The van der Waals surface area contributed by atoms with Crippen molar-refractivity contribution in [1.82, 2.24) is 0 Å². The Bertz CT molecular complexity index is 494. The van der Waals surface area contributed by atoms with Crippen molar-refractivity contribution in [2.75, 3.05) is 13.6 Å². The lowest BCUT2D eigenvalue weighted by Crippen LogP contribution is -2.66. The Morgan fingerprint density at radius 1 is 0.857 bits per heavy atom. The molecule has 1 atom stereocenters. The molecule has 0 N–H and O–H groups in total. The molecular weight excluding hydrogens is 352 g/mol. The Hall–Kier alpha value is -0.790. The second-order valence-corrected chi connectivity index (χ2v) is 6.16. The van der Waals surface area contributed by atoms with Crippen LogP contribution in [0.4, 0.5) is 44.0 Å². The summed E-state index contributed by atoms with van der Waals surface area (Å²) >= 11 is 0. The van der Waals surface area contributed by atoms with Crippen LogP contribution in [0.3, 0.4) is 0 Å². The van der Waals surface area contributed by atoms with Crippen molar-refractivity contribution >= 4 is 10.0 Å². The summed E-state index contributed by atoms with van der Waals surface area (Å²) in [6.45, 7) is -0.876. The minimum atomic E-state index is -7.42. The SMILES string of the molecule is CC[N+](C)(F)S(=O)(=O)C(F)(F)C(F)(F)C(F)(F)C(F)(F)F. The summed E-state index contributed by atoms with van der Waals surface area (Å²) in [6, 6.07) is 0. The van der Waals surface area contributed by atoms with Gasteiger partial charge in [-0.1, -0.05) is 0 Å². The van der Waals surface area contributed by atoms with Crippen LogP contribution in [0.1, 0.15) is 6.92 Å². The average Bonchev–Trinajstić information content (AvgIpc) is 2.26. The molecule has 0 fully saturated rings. The summed E-state index contributed by atoms with van der Waals surface area (Å²) in [5, 5.41) is -7.02. The molecule has 128 valence electrons. The Morgan fingerprint density at radius 2 is 1.19 bits per heavy atom. The van der Waals surface area contributed by atoms with E-state index in [1.54, 1.807) is 0 Å². The van der Waals surface area contributed by atoms with E-state index in [4.69, 9.17) is 0 Å². The van der Waals surface area contributed by atoms with E-state index in [9.17, 15) is 52.4 Å². The molecule has 0 aliphatic rings. The Labute approximate surface area is 111 Å². The summed E-state index contributed by atoms with van der Waals surface area (Å²) in [5.74, 6) is -14.8. The van der Waals surface area contributed by atoms with Crippen LogP contribution in [0.5, 0.6) is 0 Å². The van der Waals surface area contributed by atoms with Crippen LogP contribution < -0.4 is 0 Å². The van der Waals surface area contributed by atoms with E-state index in [1.807, 2.05) is 0 Å². The van der Waals surface area contributed by atoms with Crippen molar-refractivity contribution < 1.29 is 56.5 Å². The lowest BCUT2D eigenvalue weighted by atomic mass is 10.1. The third-order valence-electron chi connectivity index (χ3n) is 2.51. The summed E-state index contributed by atoms with van der Waals surface area (Å²) in [6.07, 6.45) is -7.18. The first-order chi connectivity index (χ1) is 8.81. The summed E-state index contributed by atoms with van der Waals surface area (Å²) in [7, 11) is -7.30. The van der Waals surface area contributed by atoms with E-state index >= 15 is 0 Å². The van der Waals surface area contributed by atoms with E-state index in [0.29, 0.717) is 6.92 Å². The molecule has 0 heterocycles. The van der Waals surface area contributed by atoms with Crippen molar-refractivity contribution in [3.63, 3.8) is 0 Å². The van der Waals surface area contributed by atoms with Crippen molar-refractivity contribution in [3.05, 3.63) is 0 Å². The van der Waals surface area contributed by atoms with Crippen LogP contribution in [-0.4, -0.2) is 49.4 Å². The summed E-state index contributed by atoms with van der Waals surface area (Å²) in [4.78, 5) is 0. The fourth-order valence-electron chi connectivity index (χ4n) is 0.932. The molecule has 0 bridgehead atoms. The topological polar surface area (TPSA) is 34.1 Å². The predicted molar refractivity (Wildman–Crippen MR) is 47.6 cm³/mol. The molecule has 14 heteroatoms. The largest absolute Gasteiger partial charge is 0.467 e. The van der Waals surface area contributed by atoms with Crippen molar-refractivity contribution in [1.29, 1.82) is 0 Å². The second-order valence-electron chi connectivity index (χ2n) is 3.94. The normalized spacial score (nSPS) is 18.5. The predicted octanol–water partition coefficient (Wildman–Crippen LogP) is 3.09. The second kappa shape index (κ2) is 4.86.